The van der Waals surface area contributed by atoms with Crippen molar-refractivity contribution in [3.63, 3.8) is 0 Å². The van der Waals surface area contributed by atoms with Crippen molar-refractivity contribution in [1.29, 1.82) is 0 Å². The van der Waals surface area contributed by atoms with Crippen molar-refractivity contribution >= 4 is 17.6 Å². The van der Waals surface area contributed by atoms with Crippen LogP contribution in [-0.2, 0) is 12.8 Å². The lowest BCUT2D eigenvalue weighted by Crippen LogP contribution is -2.00. The van der Waals surface area contributed by atoms with Gasteiger partial charge in [-0.15, -0.1) is 11.8 Å². The molecule has 0 aliphatic carbocycles. The van der Waals surface area contributed by atoms with Crippen molar-refractivity contribution < 1.29 is 0 Å². The molecule has 3 aromatic rings. The van der Waals surface area contributed by atoms with Crippen LogP contribution in [0.4, 0.5) is 5.82 Å². The summed E-state index contributed by atoms with van der Waals surface area (Å²) in [4.78, 5) is 10.1. The van der Waals surface area contributed by atoms with E-state index in [1.807, 2.05) is 31.4 Å². The fourth-order valence-electron chi connectivity index (χ4n) is 1.95. The average molecular weight is 297 g/mol. The van der Waals surface area contributed by atoms with Gasteiger partial charge in [-0.05, 0) is 12.1 Å². The average Bonchev–Trinajstić information content (AvgIpc) is 2.92. The van der Waals surface area contributed by atoms with Gasteiger partial charge in [-0.2, -0.15) is 5.10 Å². The van der Waals surface area contributed by atoms with E-state index < -0.39 is 0 Å². The Labute approximate surface area is 127 Å². The minimum Gasteiger partial charge on any atom is -0.384 e. The van der Waals surface area contributed by atoms with Gasteiger partial charge in [-0.3, -0.25) is 4.68 Å². The summed E-state index contributed by atoms with van der Waals surface area (Å²) in [6.07, 6.45) is 3.69. The third-order valence-corrected chi connectivity index (χ3v) is 3.91. The van der Waals surface area contributed by atoms with Crippen LogP contribution in [0.5, 0.6) is 0 Å². The van der Waals surface area contributed by atoms with Gasteiger partial charge in [-0.1, -0.05) is 18.2 Å². The fourth-order valence-corrected chi connectivity index (χ4v) is 2.72. The first-order valence-corrected chi connectivity index (χ1v) is 7.49. The molecule has 21 heavy (non-hydrogen) atoms. The monoisotopic (exact) mass is 297 g/mol. The van der Waals surface area contributed by atoms with E-state index in [4.69, 9.17) is 5.73 Å². The molecule has 0 aliphatic rings. The van der Waals surface area contributed by atoms with Crippen molar-refractivity contribution in [2.45, 2.75) is 10.6 Å². The molecule has 0 aliphatic heterocycles. The summed E-state index contributed by atoms with van der Waals surface area (Å²) in [6, 6.07) is 11.9. The first-order valence-electron chi connectivity index (χ1n) is 6.51. The van der Waals surface area contributed by atoms with E-state index >= 15 is 0 Å². The lowest BCUT2D eigenvalue weighted by atomic mass is 10.2. The first kappa shape index (κ1) is 13.6. The Balaban J connectivity index is 1.81. The topological polar surface area (TPSA) is 69.6 Å². The number of anilines is 1. The Kier molecular flexibility index (Phi) is 3.87. The predicted octanol–water partition coefficient (Wildman–Crippen LogP) is 2.75. The molecule has 0 bridgehead atoms. The number of aryl methyl sites for hydroxylation is 1. The van der Waals surface area contributed by atoms with Gasteiger partial charge in [0.05, 0.1) is 17.6 Å². The number of nitrogens with zero attached hydrogens (tertiary/aromatic N) is 4. The number of rotatable bonds is 4. The Bertz CT molecular complexity index is 739. The zero-order valence-corrected chi connectivity index (χ0v) is 12.4. The Morgan fingerprint density at radius 1 is 1.19 bits per heavy atom. The SMILES string of the molecule is Cn1cc(-c2cc(N)nc(CSc3ccccc3)n2)cn1. The maximum Gasteiger partial charge on any atom is 0.141 e. The third kappa shape index (κ3) is 3.41. The number of nitrogens with two attached hydrogens (primary N) is 1. The van der Waals surface area contributed by atoms with Crippen LogP contribution < -0.4 is 5.73 Å². The minimum absolute atomic E-state index is 0.479. The highest BCUT2D eigenvalue weighted by molar-refractivity contribution is 7.98. The van der Waals surface area contributed by atoms with E-state index in [9.17, 15) is 0 Å². The minimum atomic E-state index is 0.479. The molecule has 2 heterocycles. The van der Waals surface area contributed by atoms with E-state index in [0.29, 0.717) is 11.6 Å². The number of hydrogen-bond acceptors (Lipinski definition) is 5. The quantitative estimate of drug-likeness (QED) is 0.750. The smallest absolute Gasteiger partial charge is 0.141 e. The molecule has 0 saturated carbocycles. The van der Waals surface area contributed by atoms with Gasteiger partial charge in [0.25, 0.3) is 0 Å². The van der Waals surface area contributed by atoms with Crippen molar-refractivity contribution in [2.75, 3.05) is 5.73 Å². The van der Waals surface area contributed by atoms with Crippen LogP contribution in [0.2, 0.25) is 0 Å². The van der Waals surface area contributed by atoms with Crippen LogP contribution in [0.3, 0.4) is 0 Å². The molecule has 0 unspecified atom stereocenters. The summed E-state index contributed by atoms with van der Waals surface area (Å²) >= 11 is 1.69. The Morgan fingerprint density at radius 2 is 2.00 bits per heavy atom. The number of benzene rings is 1. The zero-order chi connectivity index (χ0) is 14.7. The first-order chi connectivity index (χ1) is 10.2. The summed E-state index contributed by atoms with van der Waals surface area (Å²) in [5.41, 5.74) is 7.63. The largest absolute Gasteiger partial charge is 0.384 e. The summed E-state index contributed by atoms with van der Waals surface area (Å²) in [7, 11) is 1.88. The molecule has 0 atom stereocenters. The highest BCUT2D eigenvalue weighted by atomic mass is 32.2. The van der Waals surface area contributed by atoms with Gasteiger partial charge in [0.2, 0.25) is 0 Å². The number of nitrogen functional groups attached to an aromatic ring is 1. The van der Waals surface area contributed by atoms with E-state index in [0.717, 1.165) is 17.1 Å². The molecular weight excluding hydrogens is 282 g/mol. The second-order valence-electron chi connectivity index (χ2n) is 4.60. The molecule has 106 valence electrons. The molecule has 0 saturated heterocycles. The lowest BCUT2D eigenvalue weighted by molar-refractivity contribution is 0.768. The fraction of sp³-hybridized carbons (Fsp3) is 0.133. The molecule has 2 aromatic heterocycles. The molecule has 5 nitrogen and oxygen atoms in total. The Morgan fingerprint density at radius 3 is 2.71 bits per heavy atom. The maximum atomic E-state index is 5.88. The second kappa shape index (κ2) is 5.97. The highest BCUT2D eigenvalue weighted by Crippen LogP contribution is 2.23. The summed E-state index contributed by atoms with van der Waals surface area (Å²) in [6.45, 7) is 0. The lowest BCUT2D eigenvalue weighted by Gasteiger charge is -2.04. The molecular formula is C15H15N5S. The van der Waals surface area contributed by atoms with E-state index in [2.05, 4.69) is 27.2 Å². The number of aromatic nitrogens is 4. The summed E-state index contributed by atoms with van der Waals surface area (Å²) in [5.74, 6) is 1.89. The second-order valence-corrected chi connectivity index (χ2v) is 5.65. The van der Waals surface area contributed by atoms with Gasteiger partial charge in [0.15, 0.2) is 0 Å². The maximum absolute atomic E-state index is 5.88. The van der Waals surface area contributed by atoms with Crippen molar-refractivity contribution in [3.05, 3.63) is 54.6 Å². The number of hydrogen-bond donors (Lipinski definition) is 1. The van der Waals surface area contributed by atoms with Crippen molar-refractivity contribution in [3.8, 4) is 11.3 Å². The van der Waals surface area contributed by atoms with Crippen LogP contribution in [0.15, 0.2) is 53.7 Å². The molecule has 2 N–H and O–H groups in total. The van der Waals surface area contributed by atoms with E-state index in [-0.39, 0.29) is 0 Å². The van der Waals surface area contributed by atoms with Crippen molar-refractivity contribution in [1.82, 2.24) is 19.7 Å². The molecule has 3 rings (SSSR count). The standard InChI is InChI=1S/C15H15N5S/c1-20-9-11(8-17-20)13-7-14(16)19-15(18-13)10-21-12-5-3-2-4-6-12/h2-9H,10H2,1H3,(H2,16,18,19). The molecule has 0 fully saturated rings. The predicted molar refractivity (Wildman–Crippen MR) is 84.6 cm³/mol. The third-order valence-electron chi connectivity index (χ3n) is 2.90. The molecule has 0 radical (unpaired) electrons. The summed E-state index contributed by atoms with van der Waals surface area (Å²) in [5, 5.41) is 4.16. The van der Waals surface area contributed by atoms with E-state index in [1.54, 1.807) is 28.7 Å². The molecule has 0 spiro atoms. The van der Waals surface area contributed by atoms with Crippen LogP contribution in [-0.4, -0.2) is 19.7 Å². The van der Waals surface area contributed by atoms with Crippen LogP contribution in [0, 0.1) is 0 Å². The Hall–Kier alpha value is -2.34. The van der Waals surface area contributed by atoms with Gasteiger partial charge in [-0.25, -0.2) is 9.97 Å². The van der Waals surface area contributed by atoms with Gasteiger partial charge in [0, 0.05) is 29.8 Å². The molecule has 6 heteroatoms. The number of thioether (sulfide) groups is 1. The van der Waals surface area contributed by atoms with Crippen LogP contribution in [0.25, 0.3) is 11.3 Å². The summed E-state index contributed by atoms with van der Waals surface area (Å²) < 4.78 is 1.74. The van der Waals surface area contributed by atoms with Gasteiger partial charge >= 0.3 is 0 Å². The van der Waals surface area contributed by atoms with Gasteiger partial charge < -0.3 is 5.73 Å². The van der Waals surface area contributed by atoms with E-state index in [1.165, 1.54) is 4.90 Å². The zero-order valence-electron chi connectivity index (χ0n) is 11.6. The highest BCUT2D eigenvalue weighted by Gasteiger charge is 2.07. The molecule has 1 aromatic carbocycles. The van der Waals surface area contributed by atoms with Crippen LogP contribution in [0.1, 0.15) is 5.82 Å². The van der Waals surface area contributed by atoms with Crippen LogP contribution >= 0.6 is 11.8 Å². The normalized spacial score (nSPS) is 10.7. The van der Waals surface area contributed by atoms with Crippen molar-refractivity contribution in [2.24, 2.45) is 7.05 Å². The molecule has 0 amide bonds. The van der Waals surface area contributed by atoms with Gasteiger partial charge in [0.1, 0.15) is 11.6 Å².